The molecule has 1 fully saturated rings. The summed E-state index contributed by atoms with van der Waals surface area (Å²) in [5, 5.41) is 16.4. The third kappa shape index (κ3) is 3.16. The van der Waals surface area contributed by atoms with Crippen molar-refractivity contribution in [1.82, 2.24) is 29.8 Å². The van der Waals surface area contributed by atoms with Gasteiger partial charge in [0.2, 0.25) is 0 Å². The fourth-order valence-corrected chi connectivity index (χ4v) is 4.31. The molecule has 8 nitrogen and oxygen atoms in total. The zero-order valence-corrected chi connectivity index (χ0v) is 17.2. The summed E-state index contributed by atoms with van der Waals surface area (Å²) >= 11 is 0. The summed E-state index contributed by atoms with van der Waals surface area (Å²) < 4.78 is 1.79. The van der Waals surface area contributed by atoms with Crippen LogP contribution in [-0.2, 0) is 0 Å². The molecule has 1 atom stereocenters. The molecular weight excluding hydrogens is 388 g/mol. The third-order valence-corrected chi connectivity index (χ3v) is 5.94. The van der Waals surface area contributed by atoms with Gasteiger partial charge in [0.1, 0.15) is 11.6 Å². The van der Waals surface area contributed by atoms with E-state index in [1.165, 1.54) is 12.8 Å². The smallest absolute Gasteiger partial charge is 0.177 e. The molecule has 4 aromatic heterocycles. The van der Waals surface area contributed by atoms with Crippen LogP contribution in [0.15, 0.2) is 61.1 Å². The van der Waals surface area contributed by atoms with E-state index in [1.807, 2.05) is 36.7 Å². The van der Waals surface area contributed by atoms with Gasteiger partial charge in [-0.3, -0.25) is 5.10 Å². The number of rotatable bonds is 4. The number of anilines is 3. The molecule has 0 aliphatic carbocycles. The molecule has 1 aliphatic rings. The number of hydrogen-bond acceptors (Lipinski definition) is 6. The van der Waals surface area contributed by atoms with Crippen molar-refractivity contribution in [2.45, 2.75) is 25.8 Å². The van der Waals surface area contributed by atoms with E-state index in [2.05, 4.69) is 50.5 Å². The van der Waals surface area contributed by atoms with Gasteiger partial charge in [-0.25, -0.2) is 14.5 Å². The van der Waals surface area contributed by atoms with Gasteiger partial charge in [0.15, 0.2) is 5.65 Å². The van der Waals surface area contributed by atoms with Crippen molar-refractivity contribution in [2.24, 2.45) is 0 Å². The van der Waals surface area contributed by atoms with Crippen molar-refractivity contribution >= 4 is 33.9 Å². The number of benzene rings is 1. The van der Waals surface area contributed by atoms with E-state index in [-0.39, 0.29) is 0 Å². The molecule has 154 valence electrons. The van der Waals surface area contributed by atoms with Crippen LogP contribution in [0.3, 0.4) is 0 Å². The van der Waals surface area contributed by atoms with Crippen molar-refractivity contribution in [3.63, 3.8) is 0 Å². The predicted octanol–water partition coefficient (Wildman–Crippen LogP) is 4.40. The number of hydrogen-bond donors (Lipinski definition) is 2. The Morgan fingerprint density at radius 2 is 2.13 bits per heavy atom. The minimum Gasteiger partial charge on any atom is -0.354 e. The summed E-state index contributed by atoms with van der Waals surface area (Å²) in [5.41, 5.74) is 4.44. The van der Waals surface area contributed by atoms with Gasteiger partial charge in [0.05, 0.1) is 23.1 Å². The van der Waals surface area contributed by atoms with Crippen molar-refractivity contribution in [3.05, 3.63) is 61.1 Å². The fourth-order valence-electron chi connectivity index (χ4n) is 4.31. The predicted molar refractivity (Wildman–Crippen MR) is 122 cm³/mol. The van der Waals surface area contributed by atoms with E-state index < -0.39 is 0 Å². The normalized spacial score (nSPS) is 16.4. The molecule has 5 heterocycles. The summed E-state index contributed by atoms with van der Waals surface area (Å²) in [6.45, 7) is 3.31. The van der Waals surface area contributed by atoms with Crippen LogP contribution in [0.2, 0.25) is 0 Å². The minimum atomic E-state index is 0.520. The van der Waals surface area contributed by atoms with E-state index in [0.717, 1.165) is 51.7 Å². The molecule has 0 saturated carbocycles. The Hall–Kier alpha value is -3.94. The molecule has 0 spiro atoms. The van der Waals surface area contributed by atoms with Gasteiger partial charge in [0, 0.05) is 35.9 Å². The van der Waals surface area contributed by atoms with E-state index in [0.29, 0.717) is 6.04 Å². The zero-order valence-electron chi connectivity index (χ0n) is 17.2. The quantitative estimate of drug-likeness (QED) is 0.457. The number of nitrogens with zero attached hydrogens (tertiary/aromatic N) is 6. The molecule has 1 unspecified atom stereocenters. The summed E-state index contributed by atoms with van der Waals surface area (Å²) in [5.74, 6) is 1.80. The van der Waals surface area contributed by atoms with Gasteiger partial charge in [-0.05, 0) is 44.0 Å². The molecular formula is C23H22N8. The molecule has 1 aromatic carbocycles. The minimum absolute atomic E-state index is 0.520. The van der Waals surface area contributed by atoms with Gasteiger partial charge in [0.25, 0.3) is 0 Å². The Balaban J connectivity index is 1.39. The van der Waals surface area contributed by atoms with Crippen LogP contribution in [0.4, 0.5) is 17.3 Å². The maximum absolute atomic E-state index is 4.87. The maximum atomic E-state index is 4.87. The number of fused-ring (bicyclic) bond motifs is 2. The van der Waals surface area contributed by atoms with Gasteiger partial charge in [-0.2, -0.15) is 10.2 Å². The first-order chi connectivity index (χ1) is 15.2. The number of aromatic nitrogens is 6. The molecule has 0 bridgehead atoms. The maximum Gasteiger partial charge on any atom is 0.177 e. The van der Waals surface area contributed by atoms with Gasteiger partial charge in [-0.15, -0.1) is 0 Å². The lowest BCUT2D eigenvalue weighted by Gasteiger charge is -2.23. The molecule has 1 saturated heterocycles. The number of aromatic amines is 1. The standard InChI is InChI=1S/C23H22N8/c1-15-4-3-10-30(15)22-6-2-5-21(27-22)26-20-13-19(29-31-11-9-24-23(20)31)16-7-8-17-14-25-28-18(17)12-16/h2,5-9,11-15H,3-4,10H2,1H3,(H,25,28)(H,26,27). The van der Waals surface area contributed by atoms with Crippen LogP contribution >= 0.6 is 0 Å². The third-order valence-electron chi connectivity index (χ3n) is 5.94. The van der Waals surface area contributed by atoms with Crippen molar-refractivity contribution in [2.75, 3.05) is 16.8 Å². The number of nitrogens with one attached hydrogen (secondary N) is 2. The number of imidazole rings is 1. The second-order valence-corrected chi connectivity index (χ2v) is 8.00. The first-order valence-corrected chi connectivity index (χ1v) is 10.5. The molecule has 8 heteroatoms. The Kier molecular flexibility index (Phi) is 4.09. The van der Waals surface area contributed by atoms with Crippen LogP contribution in [0, 0.1) is 0 Å². The molecule has 0 radical (unpaired) electrons. The van der Waals surface area contributed by atoms with Crippen LogP contribution in [-0.4, -0.2) is 42.4 Å². The van der Waals surface area contributed by atoms with Crippen molar-refractivity contribution < 1.29 is 0 Å². The zero-order chi connectivity index (χ0) is 20.8. The van der Waals surface area contributed by atoms with Gasteiger partial charge < -0.3 is 10.2 Å². The highest BCUT2D eigenvalue weighted by atomic mass is 15.3. The topological polar surface area (TPSA) is 87.0 Å². The molecule has 5 aromatic rings. The Morgan fingerprint density at radius 3 is 3.03 bits per heavy atom. The number of pyridine rings is 1. The van der Waals surface area contributed by atoms with E-state index in [1.54, 1.807) is 10.7 Å². The van der Waals surface area contributed by atoms with Crippen LogP contribution in [0.1, 0.15) is 19.8 Å². The summed E-state index contributed by atoms with van der Waals surface area (Å²) in [6, 6.07) is 14.8. The Morgan fingerprint density at radius 1 is 1.16 bits per heavy atom. The Bertz CT molecular complexity index is 1380. The van der Waals surface area contributed by atoms with Crippen LogP contribution in [0.25, 0.3) is 27.8 Å². The van der Waals surface area contributed by atoms with Crippen LogP contribution in [0.5, 0.6) is 0 Å². The monoisotopic (exact) mass is 410 g/mol. The second-order valence-electron chi connectivity index (χ2n) is 8.00. The first-order valence-electron chi connectivity index (χ1n) is 10.5. The van der Waals surface area contributed by atoms with Crippen molar-refractivity contribution in [1.29, 1.82) is 0 Å². The molecule has 1 aliphatic heterocycles. The highest BCUT2D eigenvalue weighted by Gasteiger charge is 2.21. The second kappa shape index (κ2) is 7.09. The van der Waals surface area contributed by atoms with Crippen molar-refractivity contribution in [3.8, 4) is 11.3 Å². The Labute approximate surface area is 178 Å². The van der Waals surface area contributed by atoms with E-state index >= 15 is 0 Å². The van der Waals surface area contributed by atoms with Gasteiger partial charge in [-0.1, -0.05) is 18.2 Å². The first kappa shape index (κ1) is 17.9. The van der Waals surface area contributed by atoms with Gasteiger partial charge >= 0.3 is 0 Å². The fraction of sp³-hybridized carbons (Fsp3) is 0.217. The average Bonchev–Trinajstić information content (AvgIpc) is 3.53. The largest absolute Gasteiger partial charge is 0.354 e. The van der Waals surface area contributed by atoms with Crippen LogP contribution < -0.4 is 10.2 Å². The summed E-state index contributed by atoms with van der Waals surface area (Å²) in [7, 11) is 0. The summed E-state index contributed by atoms with van der Waals surface area (Å²) in [6.07, 6.45) is 7.85. The molecule has 2 N–H and O–H groups in total. The lowest BCUT2D eigenvalue weighted by Crippen LogP contribution is -2.27. The molecule has 6 rings (SSSR count). The van der Waals surface area contributed by atoms with E-state index in [9.17, 15) is 0 Å². The lowest BCUT2D eigenvalue weighted by molar-refractivity contribution is 0.727. The highest BCUT2D eigenvalue weighted by Crippen LogP contribution is 2.29. The SMILES string of the molecule is CC1CCCN1c1cccc(Nc2cc(-c3ccc4cn[nH]c4c3)nn3ccnc23)n1. The molecule has 0 amide bonds. The average molecular weight is 410 g/mol. The lowest BCUT2D eigenvalue weighted by atomic mass is 10.1. The van der Waals surface area contributed by atoms with E-state index in [4.69, 9.17) is 10.1 Å². The highest BCUT2D eigenvalue weighted by molar-refractivity contribution is 5.84. The summed E-state index contributed by atoms with van der Waals surface area (Å²) in [4.78, 5) is 11.7. The number of H-pyrrole nitrogens is 1. The molecule has 31 heavy (non-hydrogen) atoms.